The number of hydrogen-bond acceptors (Lipinski definition) is 4. The molecule has 0 spiro atoms. The van der Waals surface area contributed by atoms with Crippen molar-refractivity contribution < 1.29 is 25.2 Å². The second-order valence-corrected chi connectivity index (χ2v) is 2.50. The van der Waals surface area contributed by atoms with E-state index in [9.17, 15) is 4.79 Å². The van der Waals surface area contributed by atoms with Gasteiger partial charge < -0.3 is 20.4 Å². The van der Waals surface area contributed by atoms with Crippen LogP contribution in [0.25, 0.3) is 0 Å². The minimum absolute atomic E-state index is 0.593. The molecule has 0 aromatic rings. The van der Waals surface area contributed by atoms with Crippen LogP contribution >= 0.6 is 0 Å². The summed E-state index contributed by atoms with van der Waals surface area (Å²) in [5.74, 6) is -1.19. The van der Waals surface area contributed by atoms with Crippen molar-refractivity contribution in [2.45, 2.75) is 39.1 Å². The molecule has 0 aromatic heterocycles. The molecule has 0 aliphatic heterocycles. The molecule has 0 amide bonds. The molecule has 0 saturated carbocycles. The van der Waals surface area contributed by atoms with Crippen LogP contribution in [0.4, 0.5) is 0 Å². The first kappa shape index (κ1) is 13.9. The van der Waals surface area contributed by atoms with Crippen molar-refractivity contribution in [3.05, 3.63) is 0 Å². The minimum atomic E-state index is -1.23. The lowest BCUT2D eigenvalue weighted by Gasteiger charge is -2.03. The molecule has 0 fully saturated rings. The molecule has 12 heavy (non-hydrogen) atoms. The Labute approximate surface area is 71.3 Å². The number of carbonyl (C=O) groups is 1. The maximum absolute atomic E-state index is 9.45. The summed E-state index contributed by atoms with van der Waals surface area (Å²) in [7, 11) is 0. The van der Waals surface area contributed by atoms with Crippen molar-refractivity contribution in [3.8, 4) is 0 Å². The van der Waals surface area contributed by atoms with Gasteiger partial charge in [-0.25, -0.2) is 4.79 Å². The van der Waals surface area contributed by atoms with Crippen LogP contribution in [-0.4, -0.2) is 44.7 Å². The molecule has 4 N–H and O–H groups in total. The molecule has 0 aliphatic carbocycles. The van der Waals surface area contributed by atoms with E-state index in [2.05, 4.69) is 0 Å². The number of hydrogen-bond donors (Lipinski definition) is 4. The molecular weight excluding hydrogens is 164 g/mol. The van der Waals surface area contributed by atoms with Crippen molar-refractivity contribution in [3.63, 3.8) is 0 Å². The first-order valence-electron chi connectivity index (χ1n) is 3.56. The molecule has 0 saturated heterocycles. The largest absolute Gasteiger partial charge is 0.479 e. The van der Waals surface area contributed by atoms with Crippen LogP contribution in [-0.2, 0) is 4.79 Å². The van der Waals surface area contributed by atoms with Gasteiger partial charge in [0.2, 0.25) is 0 Å². The van der Waals surface area contributed by atoms with E-state index in [1.807, 2.05) is 0 Å². The number of carboxylic acid groups (broad SMARTS) is 1. The lowest BCUT2D eigenvalue weighted by molar-refractivity contribution is -0.145. The summed E-state index contributed by atoms with van der Waals surface area (Å²) >= 11 is 0. The van der Waals surface area contributed by atoms with E-state index in [0.29, 0.717) is 0 Å². The van der Waals surface area contributed by atoms with Gasteiger partial charge >= 0.3 is 5.97 Å². The van der Waals surface area contributed by atoms with Gasteiger partial charge in [0.05, 0.1) is 12.2 Å². The molecule has 0 aliphatic rings. The fraction of sp³-hybridized carbons (Fsp3) is 0.857. The molecule has 74 valence electrons. The first-order chi connectivity index (χ1) is 5.29. The van der Waals surface area contributed by atoms with E-state index in [1.54, 1.807) is 13.8 Å². The molecule has 5 heteroatoms. The van der Waals surface area contributed by atoms with Crippen LogP contribution in [0.15, 0.2) is 0 Å². The lowest BCUT2D eigenvalue weighted by Crippen LogP contribution is -2.17. The number of aliphatic hydroxyl groups is 3. The number of aliphatic hydroxyl groups excluding tert-OH is 3. The van der Waals surface area contributed by atoms with Gasteiger partial charge in [0.1, 0.15) is 6.10 Å². The second-order valence-electron chi connectivity index (χ2n) is 2.50. The number of carboxylic acids is 1. The van der Waals surface area contributed by atoms with Gasteiger partial charge in [0.15, 0.2) is 0 Å². The zero-order chi connectivity index (χ0) is 10.3. The van der Waals surface area contributed by atoms with Crippen molar-refractivity contribution in [2.75, 3.05) is 0 Å². The van der Waals surface area contributed by atoms with Gasteiger partial charge in [-0.1, -0.05) is 0 Å². The van der Waals surface area contributed by atoms with Crippen molar-refractivity contribution in [1.82, 2.24) is 0 Å². The third kappa shape index (κ3) is 12.1. The molecule has 0 bridgehead atoms. The third-order valence-corrected chi connectivity index (χ3v) is 1.06. The zero-order valence-corrected chi connectivity index (χ0v) is 7.43. The van der Waals surface area contributed by atoms with Gasteiger partial charge in [-0.2, -0.15) is 0 Å². The van der Waals surface area contributed by atoms with Gasteiger partial charge in [-0.15, -0.1) is 0 Å². The van der Waals surface area contributed by atoms with Crippen molar-refractivity contribution in [2.24, 2.45) is 0 Å². The normalized spacial score (nSPS) is 16.8. The fourth-order valence-electron chi connectivity index (χ4n) is 0. The van der Waals surface area contributed by atoms with Crippen LogP contribution in [0, 0.1) is 0 Å². The van der Waals surface area contributed by atoms with Crippen LogP contribution in [0.5, 0.6) is 0 Å². The SMILES string of the molecule is CC(O)C(=O)O.CC(O)C(C)O. The summed E-state index contributed by atoms with van der Waals surface area (Å²) in [6.45, 7) is 4.29. The number of aliphatic carboxylic acids is 1. The molecule has 3 atom stereocenters. The Morgan fingerprint density at radius 1 is 1.00 bits per heavy atom. The van der Waals surface area contributed by atoms with E-state index in [-0.39, 0.29) is 0 Å². The monoisotopic (exact) mass is 180 g/mol. The average Bonchev–Trinajstić information content (AvgIpc) is 1.88. The Bertz CT molecular complexity index is 113. The highest BCUT2D eigenvalue weighted by atomic mass is 16.4. The Kier molecular flexibility index (Phi) is 8.14. The third-order valence-electron chi connectivity index (χ3n) is 1.06. The summed E-state index contributed by atoms with van der Waals surface area (Å²) in [6.07, 6.45) is -2.42. The summed E-state index contributed by atoms with van der Waals surface area (Å²) in [4.78, 5) is 9.45. The van der Waals surface area contributed by atoms with Crippen molar-refractivity contribution in [1.29, 1.82) is 0 Å². The van der Waals surface area contributed by atoms with E-state index in [0.717, 1.165) is 0 Å². The van der Waals surface area contributed by atoms with Crippen LogP contribution < -0.4 is 0 Å². The summed E-state index contributed by atoms with van der Waals surface area (Å²) in [5, 5.41) is 32.5. The highest BCUT2D eigenvalue weighted by Crippen LogP contribution is 1.85. The molecule has 3 unspecified atom stereocenters. The Morgan fingerprint density at radius 2 is 1.17 bits per heavy atom. The van der Waals surface area contributed by atoms with Gasteiger partial charge in [-0.05, 0) is 20.8 Å². The van der Waals surface area contributed by atoms with Crippen molar-refractivity contribution >= 4 is 5.97 Å². The van der Waals surface area contributed by atoms with Gasteiger partial charge in [0.25, 0.3) is 0 Å². The topological polar surface area (TPSA) is 98.0 Å². The first-order valence-corrected chi connectivity index (χ1v) is 3.56. The Balaban J connectivity index is 0. The summed E-state index contributed by atoms with van der Waals surface area (Å²) in [6, 6.07) is 0. The van der Waals surface area contributed by atoms with E-state index in [1.165, 1.54) is 6.92 Å². The van der Waals surface area contributed by atoms with E-state index >= 15 is 0 Å². The summed E-state index contributed by atoms with van der Waals surface area (Å²) in [5.41, 5.74) is 0. The number of rotatable bonds is 2. The average molecular weight is 180 g/mol. The molecule has 5 nitrogen and oxygen atoms in total. The molecule has 0 heterocycles. The second kappa shape index (κ2) is 7.02. The van der Waals surface area contributed by atoms with Gasteiger partial charge in [0, 0.05) is 0 Å². The zero-order valence-electron chi connectivity index (χ0n) is 7.43. The minimum Gasteiger partial charge on any atom is -0.479 e. The molecular formula is C7H16O5. The summed E-state index contributed by atoms with van der Waals surface area (Å²) < 4.78 is 0. The predicted octanol–water partition coefficient (Wildman–Crippen LogP) is -0.800. The highest BCUT2D eigenvalue weighted by Gasteiger charge is 2.01. The van der Waals surface area contributed by atoms with Crippen LogP contribution in [0.2, 0.25) is 0 Å². The van der Waals surface area contributed by atoms with E-state index in [4.69, 9.17) is 20.4 Å². The smallest absolute Gasteiger partial charge is 0.332 e. The Hall–Kier alpha value is -0.650. The van der Waals surface area contributed by atoms with Gasteiger partial charge in [-0.3, -0.25) is 0 Å². The lowest BCUT2D eigenvalue weighted by atomic mass is 10.3. The van der Waals surface area contributed by atoms with Crippen LogP contribution in [0.1, 0.15) is 20.8 Å². The molecule has 0 rings (SSSR count). The maximum Gasteiger partial charge on any atom is 0.332 e. The van der Waals surface area contributed by atoms with Crippen LogP contribution in [0.3, 0.4) is 0 Å². The van der Waals surface area contributed by atoms with E-state index < -0.39 is 24.3 Å². The Morgan fingerprint density at radius 3 is 1.17 bits per heavy atom. The standard InChI is InChI=1S/C4H10O2.C3H6O3/c1-3(5)4(2)6;1-2(4)3(5)6/h3-6H,1-2H3;2,4H,1H3,(H,5,6). The highest BCUT2D eigenvalue weighted by molar-refractivity contribution is 5.71. The maximum atomic E-state index is 9.45. The molecule has 0 radical (unpaired) electrons. The quantitative estimate of drug-likeness (QED) is 0.446. The fourth-order valence-corrected chi connectivity index (χ4v) is 0. The molecule has 0 aromatic carbocycles. The predicted molar refractivity (Wildman–Crippen MR) is 42.7 cm³/mol.